The first-order valence-corrected chi connectivity index (χ1v) is 17.0. The number of likely N-dealkylation sites (tertiary alicyclic amines) is 1. The number of primary amides is 1. The van der Waals surface area contributed by atoms with E-state index in [0.29, 0.717) is 23.2 Å². The maximum Gasteiger partial charge on any atom is 0.410 e. The number of amides is 2. The highest BCUT2D eigenvalue weighted by Gasteiger charge is 2.84. The summed E-state index contributed by atoms with van der Waals surface area (Å²) in [4.78, 5) is 26.4. The molecule has 12 atom stereocenters. The average molecular weight is 587 g/mol. The fraction of sp³-hybridized carbons (Fsp3) is 0.941. The molecule has 0 radical (unpaired) electrons. The van der Waals surface area contributed by atoms with Crippen molar-refractivity contribution >= 4 is 12.2 Å². The normalized spacial score (nSPS) is 50.7. The van der Waals surface area contributed by atoms with Crippen LogP contribution in [-0.4, -0.2) is 65.8 Å². The van der Waals surface area contributed by atoms with E-state index in [9.17, 15) is 14.7 Å². The first-order valence-electron chi connectivity index (χ1n) is 17.0. The standard InChI is InChI=1S/C34H54N2O6/c1-19(2)25(42-28(35)38)21-9-8-20-26(40-21)27(37)32(6)23-11-10-22-30(3,4)24(41-29(39)36-16-7-17-36)12-13-33(22)18-34(23,33)15-14-31(20,32)5/h19-27,37H,7-18H2,1-6H3,(H2,35,38)/t20-,21?,22-,23?,24?,25?,26?,27-,31?,32+,33?,34?/m0/s1. The van der Waals surface area contributed by atoms with Crippen molar-refractivity contribution in [2.24, 2.45) is 56.5 Å². The van der Waals surface area contributed by atoms with Gasteiger partial charge in [-0.25, -0.2) is 9.59 Å². The molecule has 2 spiro atoms. The molecular weight excluding hydrogens is 532 g/mol. The van der Waals surface area contributed by atoms with E-state index in [1.54, 1.807) is 0 Å². The fourth-order valence-electron chi connectivity index (χ4n) is 12.7. The minimum Gasteiger partial charge on any atom is -0.446 e. The Balaban J connectivity index is 1.14. The van der Waals surface area contributed by atoms with Crippen LogP contribution in [0.3, 0.4) is 0 Å². The smallest absolute Gasteiger partial charge is 0.410 e. The van der Waals surface area contributed by atoms with Crippen LogP contribution in [0.4, 0.5) is 9.59 Å². The molecule has 236 valence electrons. The predicted octanol–water partition coefficient (Wildman–Crippen LogP) is 5.88. The Morgan fingerprint density at radius 2 is 1.64 bits per heavy atom. The van der Waals surface area contributed by atoms with Crippen molar-refractivity contribution in [1.29, 1.82) is 0 Å². The highest BCUT2D eigenvalue weighted by molar-refractivity contribution is 5.68. The van der Waals surface area contributed by atoms with E-state index in [4.69, 9.17) is 19.9 Å². The maximum absolute atomic E-state index is 12.8. The summed E-state index contributed by atoms with van der Waals surface area (Å²) in [5, 5.41) is 12.3. The average Bonchev–Trinajstić information content (AvgIpc) is 3.53. The van der Waals surface area contributed by atoms with Gasteiger partial charge in [0.15, 0.2) is 0 Å². The van der Waals surface area contributed by atoms with Crippen molar-refractivity contribution in [2.75, 3.05) is 13.1 Å². The lowest BCUT2D eigenvalue weighted by molar-refractivity contribution is -0.185. The van der Waals surface area contributed by atoms with Gasteiger partial charge in [-0.1, -0.05) is 41.5 Å². The number of nitrogens with two attached hydrogens (primary N) is 1. The molecule has 8 unspecified atom stereocenters. The third-order valence-electron chi connectivity index (χ3n) is 15.1. The second-order valence-electron chi connectivity index (χ2n) is 16.9. The SMILES string of the molecule is CC(C)C(OC(N)=O)C1CC[C@H]2C(O1)[C@H](O)[C@@]1(C)C3CC[C@H]4C(C)(C)C(OC(=O)N5CCC5)CCC45CC35CCC21C. The van der Waals surface area contributed by atoms with E-state index in [1.165, 1.54) is 12.8 Å². The Morgan fingerprint density at radius 1 is 0.952 bits per heavy atom. The van der Waals surface area contributed by atoms with Gasteiger partial charge >= 0.3 is 12.2 Å². The summed E-state index contributed by atoms with van der Waals surface area (Å²) in [6.45, 7) is 15.3. The molecule has 0 aromatic heterocycles. The maximum atomic E-state index is 12.8. The third-order valence-corrected chi connectivity index (χ3v) is 15.1. The lowest BCUT2D eigenvalue weighted by atomic mass is 9.41. The number of aliphatic hydroxyl groups is 1. The van der Waals surface area contributed by atoms with Crippen LogP contribution in [-0.2, 0) is 14.2 Å². The number of fused-ring (bicyclic) bond motifs is 4. The van der Waals surface area contributed by atoms with Gasteiger partial charge in [-0.3, -0.25) is 0 Å². The summed E-state index contributed by atoms with van der Waals surface area (Å²) in [5.74, 6) is 1.38. The summed E-state index contributed by atoms with van der Waals surface area (Å²) in [6, 6.07) is 0. The zero-order valence-electron chi connectivity index (χ0n) is 26.7. The molecule has 2 saturated heterocycles. The van der Waals surface area contributed by atoms with E-state index < -0.39 is 18.3 Å². The van der Waals surface area contributed by atoms with Gasteiger partial charge in [-0.2, -0.15) is 0 Å². The van der Waals surface area contributed by atoms with Gasteiger partial charge in [-0.15, -0.1) is 0 Å². The van der Waals surface area contributed by atoms with Crippen LogP contribution < -0.4 is 5.73 Å². The highest BCUT2D eigenvalue weighted by Crippen LogP contribution is 2.89. The fourth-order valence-corrected chi connectivity index (χ4v) is 12.7. The van der Waals surface area contributed by atoms with Crippen molar-refractivity contribution in [3.63, 3.8) is 0 Å². The molecule has 2 aliphatic heterocycles. The Hall–Kier alpha value is -1.54. The second-order valence-corrected chi connectivity index (χ2v) is 16.9. The van der Waals surface area contributed by atoms with Crippen LogP contribution in [0.25, 0.3) is 0 Å². The van der Waals surface area contributed by atoms with Crippen LogP contribution in [0.5, 0.6) is 0 Å². The molecule has 7 fully saturated rings. The van der Waals surface area contributed by atoms with Gasteiger partial charge in [0.2, 0.25) is 0 Å². The topological polar surface area (TPSA) is 111 Å². The van der Waals surface area contributed by atoms with Crippen LogP contribution >= 0.6 is 0 Å². The molecule has 0 bridgehead atoms. The molecule has 2 heterocycles. The lowest BCUT2D eigenvalue weighted by Gasteiger charge is -2.63. The number of carbonyl (C=O) groups excluding carboxylic acids is 2. The molecule has 8 heteroatoms. The first kappa shape index (κ1) is 29.2. The minimum atomic E-state index is -0.760. The Morgan fingerprint density at radius 3 is 2.29 bits per heavy atom. The van der Waals surface area contributed by atoms with Gasteiger partial charge in [0.25, 0.3) is 0 Å². The second kappa shape index (κ2) is 9.24. The molecule has 0 aromatic rings. The number of hydrogen-bond donors (Lipinski definition) is 2. The number of aliphatic hydroxyl groups excluding tert-OH is 1. The molecular formula is C34H54N2O6. The van der Waals surface area contributed by atoms with E-state index in [-0.39, 0.29) is 52.0 Å². The monoisotopic (exact) mass is 586 g/mol. The van der Waals surface area contributed by atoms with Gasteiger partial charge in [0, 0.05) is 23.9 Å². The van der Waals surface area contributed by atoms with Crippen LogP contribution in [0, 0.1) is 50.7 Å². The van der Waals surface area contributed by atoms with E-state index in [2.05, 4.69) is 27.7 Å². The molecule has 2 amide bonds. The number of rotatable bonds is 4. The van der Waals surface area contributed by atoms with Gasteiger partial charge in [0.05, 0.1) is 18.3 Å². The van der Waals surface area contributed by atoms with Crippen molar-refractivity contribution in [2.45, 2.75) is 136 Å². The van der Waals surface area contributed by atoms with Crippen molar-refractivity contribution < 1.29 is 28.9 Å². The summed E-state index contributed by atoms with van der Waals surface area (Å²) in [5.41, 5.74) is 5.71. The molecule has 42 heavy (non-hydrogen) atoms. The zero-order chi connectivity index (χ0) is 30.0. The van der Waals surface area contributed by atoms with Crippen LogP contribution in [0.1, 0.15) is 106 Å². The van der Waals surface area contributed by atoms with Crippen LogP contribution in [0.2, 0.25) is 0 Å². The Labute approximate surface area is 251 Å². The van der Waals surface area contributed by atoms with Crippen LogP contribution in [0.15, 0.2) is 0 Å². The first-order chi connectivity index (χ1) is 19.7. The summed E-state index contributed by atoms with van der Waals surface area (Å²) < 4.78 is 18.5. The van der Waals surface area contributed by atoms with E-state index in [1.807, 2.05) is 18.7 Å². The Bertz CT molecular complexity index is 1140. The lowest BCUT2D eigenvalue weighted by Crippen LogP contribution is -2.60. The predicted molar refractivity (Wildman–Crippen MR) is 157 cm³/mol. The molecule has 7 aliphatic rings. The molecule has 5 aliphatic carbocycles. The number of nitrogens with zero attached hydrogens (tertiary/aromatic N) is 1. The van der Waals surface area contributed by atoms with Gasteiger partial charge in [0.1, 0.15) is 12.2 Å². The van der Waals surface area contributed by atoms with Gasteiger partial charge < -0.3 is 30.0 Å². The van der Waals surface area contributed by atoms with Crippen molar-refractivity contribution in [3.05, 3.63) is 0 Å². The van der Waals surface area contributed by atoms with Crippen molar-refractivity contribution in [3.8, 4) is 0 Å². The molecule has 7 rings (SSSR count). The minimum absolute atomic E-state index is 0.00588. The summed E-state index contributed by atoms with van der Waals surface area (Å²) >= 11 is 0. The number of hydrogen-bond acceptors (Lipinski definition) is 6. The number of ether oxygens (including phenoxy) is 3. The molecule has 5 saturated carbocycles. The quantitative estimate of drug-likeness (QED) is 0.425. The third kappa shape index (κ3) is 3.54. The van der Waals surface area contributed by atoms with E-state index in [0.717, 1.165) is 64.5 Å². The summed E-state index contributed by atoms with van der Waals surface area (Å²) in [7, 11) is 0. The van der Waals surface area contributed by atoms with E-state index >= 15 is 0 Å². The summed E-state index contributed by atoms with van der Waals surface area (Å²) in [6.07, 6.45) is 8.48. The molecule has 3 N–H and O–H groups in total. The largest absolute Gasteiger partial charge is 0.446 e. The number of carbonyl (C=O) groups is 2. The zero-order valence-corrected chi connectivity index (χ0v) is 26.7. The van der Waals surface area contributed by atoms with Gasteiger partial charge in [-0.05, 0) is 104 Å². The van der Waals surface area contributed by atoms with Crippen molar-refractivity contribution in [1.82, 2.24) is 4.90 Å². The molecule has 8 nitrogen and oxygen atoms in total. The molecule has 0 aromatic carbocycles. The highest BCUT2D eigenvalue weighted by atomic mass is 16.6. The Kier molecular flexibility index (Phi) is 6.42.